The van der Waals surface area contributed by atoms with Gasteiger partial charge in [0.05, 0.1) is 0 Å². The lowest BCUT2D eigenvalue weighted by atomic mass is 10.1. The van der Waals surface area contributed by atoms with Gasteiger partial charge in [-0.3, -0.25) is 0 Å². The molecular weight excluding hydrogens is 387 g/mol. The molecule has 0 aliphatic rings. The van der Waals surface area contributed by atoms with Gasteiger partial charge in [0.1, 0.15) is 0 Å². The first kappa shape index (κ1) is 19.9. The molecule has 0 fully saturated rings. The van der Waals surface area contributed by atoms with Crippen LogP contribution >= 0.6 is 24.9 Å². The van der Waals surface area contributed by atoms with Crippen LogP contribution in [0.1, 0.15) is 31.7 Å². The molecule has 0 nitrogen and oxygen atoms in total. The fraction of sp³-hybridized carbons (Fsp3) is 0.217. The summed E-state index contributed by atoms with van der Waals surface area (Å²) in [6.45, 7) is 2.26. The van der Waals surface area contributed by atoms with Crippen LogP contribution in [0.2, 0.25) is 0 Å². The molecule has 0 atom stereocenters. The summed E-state index contributed by atoms with van der Waals surface area (Å²) >= 11 is 0. The van der Waals surface area contributed by atoms with E-state index < -0.39 is 7.92 Å². The average Bonchev–Trinajstić information content (AvgIpc) is 2.64. The molecular formula is C23H26BrP. The Labute approximate surface area is 163 Å². The zero-order valence-corrected chi connectivity index (χ0v) is 17.4. The first-order chi connectivity index (χ1) is 11.9. The van der Waals surface area contributed by atoms with Crippen molar-refractivity contribution in [2.45, 2.75) is 32.6 Å². The van der Waals surface area contributed by atoms with E-state index in [0.717, 1.165) is 0 Å². The number of unbranched alkanes of at least 4 members (excludes halogenated alkanes) is 2. The highest BCUT2D eigenvalue weighted by Crippen LogP contribution is 2.32. The smallest absolute Gasteiger partial charge is 0.0134 e. The van der Waals surface area contributed by atoms with Crippen LogP contribution in [0, 0.1) is 0 Å². The lowest BCUT2D eigenvalue weighted by Gasteiger charge is -2.20. The van der Waals surface area contributed by atoms with Crippen LogP contribution in [0.5, 0.6) is 0 Å². The Kier molecular flexibility index (Phi) is 8.38. The largest absolute Gasteiger partial charge is 0.114 e. The van der Waals surface area contributed by atoms with Crippen molar-refractivity contribution in [2.75, 3.05) is 0 Å². The van der Waals surface area contributed by atoms with Gasteiger partial charge in [-0.25, -0.2) is 0 Å². The lowest BCUT2D eigenvalue weighted by Crippen LogP contribution is -2.20. The summed E-state index contributed by atoms with van der Waals surface area (Å²) in [6.07, 6.45) is 5.07. The van der Waals surface area contributed by atoms with Crippen molar-refractivity contribution >= 4 is 40.8 Å². The maximum absolute atomic E-state index is 2.43. The Bertz CT molecular complexity index is 701. The van der Waals surface area contributed by atoms with Crippen molar-refractivity contribution < 1.29 is 0 Å². The van der Waals surface area contributed by atoms with Gasteiger partial charge in [-0.2, -0.15) is 0 Å². The van der Waals surface area contributed by atoms with Gasteiger partial charge in [0.25, 0.3) is 0 Å². The minimum atomic E-state index is -0.481. The second-order valence-corrected chi connectivity index (χ2v) is 8.35. The Morgan fingerprint density at radius 3 is 1.76 bits per heavy atom. The van der Waals surface area contributed by atoms with Gasteiger partial charge in [-0.05, 0) is 42.2 Å². The maximum atomic E-state index is 2.43. The molecule has 2 heteroatoms. The van der Waals surface area contributed by atoms with E-state index in [1.165, 1.54) is 47.2 Å². The van der Waals surface area contributed by atoms with Crippen LogP contribution in [-0.4, -0.2) is 0 Å². The Hall–Kier alpha value is -1.43. The maximum Gasteiger partial charge on any atom is -0.0134 e. The summed E-state index contributed by atoms with van der Waals surface area (Å²) in [5.41, 5.74) is 1.47. The van der Waals surface area contributed by atoms with Crippen molar-refractivity contribution in [3.05, 3.63) is 90.5 Å². The van der Waals surface area contributed by atoms with Crippen molar-refractivity contribution in [1.82, 2.24) is 0 Å². The van der Waals surface area contributed by atoms with Crippen LogP contribution in [-0.2, 0) is 6.42 Å². The predicted octanol–water partition coefficient (Wildman–Crippen LogP) is 5.76. The molecule has 3 aromatic carbocycles. The Morgan fingerprint density at radius 1 is 0.640 bits per heavy atom. The van der Waals surface area contributed by atoms with E-state index in [2.05, 4.69) is 91.9 Å². The molecule has 130 valence electrons. The van der Waals surface area contributed by atoms with E-state index in [9.17, 15) is 0 Å². The van der Waals surface area contributed by atoms with Crippen molar-refractivity contribution in [3.63, 3.8) is 0 Å². The molecule has 0 aliphatic carbocycles. The molecule has 0 bridgehead atoms. The van der Waals surface area contributed by atoms with Gasteiger partial charge >= 0.3 is 0 Å². The fourth-order valence-corrected chi connectivity index (χ4v) is 5.40. The Morgan fingerprint density at radius 2 is 1.20 bits per heavy atom. The molecule has 0 saturated heterocycles. The molecule has 0 radical (unpaired) electrons. The third-order valence-corrected chi connectivity index (χ3v) is 6.69. The Balaban J connectivity index is 0.00000225. The van der Waals surface area contributed by atoms with E-state index in [4.69, 9.17) is 0 Å². The van der Waals surface area contributed by atoms with Crippen molar-refractivity contribution in [1.29, 1.82) is 0 Å². The van der Waals surface area contributed by atoms with Gasteiger partial charge in [0.15, 0.2) is 0 Å². The number of hydrogen-bond acceptors (Lipinski definition) is 0. The van der Waals surface area contributed by atoms with Gasteiger partial charge in [-0.15, -0.1) is 17.0 Å². The van der Waals surface area contributed by atoms with Gasteiger partial charge in [0, 0.05) is 0 Å². The van der Waals surface area contributed by atoms with Crippen LogP contribution in [0.3, 0.4) is 0 Å². The van der Waals surface area contributed by atoms with Gasteiger partial charge in [-0.1, -0.05) is 105 Å². The van der Waals surface area contributed by atoms with E-state index in [1.807, 2.05) is 0 Å². The molecule has 0 spiro atoms. The number of hydrogen-bond donors (Lipinski definition) is 0. The standard InChI is InChI=1S/C23H25P.BrH/c1-2-3-6-12-20-13-11-18-23(19-20)24(21-14-7-4-8-15-21)22-16-9-5-10-17-22;/h4-5,7-11,13-19H,2-3,6,12H2,1H3;1H. The summed E-state index contributed by atoms with van der Waals surface area (Å²) in [6, 6.07) is 31.1. The molecule has 3 rings (SSSR count). The SMILES string of the molecule is Br.CCCCCc1cccc(P(c2ccccc2)c2ccccc2)c1. The zero-order valence-electron chi connectivity index (χ0n) is 14.8. The highest BCUT2D eigenvalue weighted by atomic mass is 79.9. The van der Waals surface area contributed by atoms with E-state index >= 15 is 0 Å². The third kappa shape index (κ3) is 5.53. The third-order valence-electron chi connectivity index (χ3n) is 4.27. The summed E-state index contributed by atoms with van der Waals surface area (Å²) < 4.78 is 0. The monoisotopic (exact) mass is 412 g/mol. The van der Waals surface area contributed by atoms with Crippen LogP contribution in [0.25, 0.3) is 0 Å². The van der Waals surface area contributed by atoms with Crippen LogP contribution in [0.15, 0.2) is 84.9 Å². The van der Waals surface area contributed by atoms with Crippen molar-refractivity contribution in [3.8, 4) is 0 Å². The average molecular weight is 413 g/mol. The van der Waals surface area contributed by atoms with E-state index in [1.54, 1.807) is 0 Å². The van der Waals surface area contributed by atoms with E-state index in [0.29, 0.717) is 0 Å². The fourth-order valence-electron chi connectivity index (χ4n) is 3.03. The normalized spacial score (nSPS) is 10.5. The first-order valence-electron chi connectivity index (χ1n) is 8.87. The quantitative estimate of drug-likeness (QED) is 0.342. The summed E-state index contributed by atoms with van der Waals surface area (Å²) in [5.74, 6) is 0. The number of halogens is 1. The molecule has 0 N–H and O–H groups in total. The number of benzene rings is 3. The number of rotatable bonds is 7. The van der Waals surface area contributed by atoms with E-state index in [-0.39, 0.29) is 17.0 Å². The molecule has 0 heterocycles. The molecule has 0 amide bonds. The lowest BCUT2D eigenvalue weighted by molar-refractivity contribution is 0.718. The van der Waals surface area contributed by atoms with Crippen LogP contribution in [0.4, 0.5) is 0 Å². The molecule has 0 aromatic heterocycles. The minimum absolute atomic E-state index is 0. The second-order valence-electron chi connectivity index (χ2n) is 6.13. The molecule has 0 unspecified atom stereocenters. The number of aryl methyl sites for hydroxylation is 1. The summed E-state index contributed by atoms with van der Waals surface area (Å²) in [5, 5.41) is 4.30. The highest BCUT2D eigenvalue weighted by Gasteiger charge is 2.16. The highest BCUT2D eigenvalue weighted by molar-refractivity contribution is 8.93. The second kappa shape index (κ2) is 10.5. The summed E-state index contributed by atoms with van der Waals surface area (Å²) in [4.78, 5) is 0. The first-order valence-corrected chi connectivity index (χ1v) is 10.2. The molecule has 0 saturated carbocycles. The van der Waals surface area contributed by atoms with Crippen molar-refractivity contribution in [2.24, 2.45) is 0 Å². The van der Waals surface area contributed by atoms with Crippen LogP contribution < -0.4 is 15.9 Å². The van der Waals surface area contributed by atoms with Gasteiger partial charge < -0.3 is 0 Å². The predicted molar refractivity (Wildman–Crippen MR) is 119 cm³/mol. The summed E-state index contributed by atoms with van der Waals surface area (Å²) in [7, 11) is -0.481. The molecule has 25 heavy (non-hydrogen) atoms. The van der Waals surface area contributed by atoms with Gasteiger partial charge in [0.2, 0.25) is 0 Å². The molecule has 0 aliphatic heterocycles. The zero-order chi connectivity index (χ0) is 16.6. The topological polar surface area (TPSA) is 0 Å². The minimum Gasteiger partial charge on any atom is -0.114 e. The molecule has 3 aromatic rings.